The molecule has 0 radical (unpaired) electrons. The first-order valence-electron chi connectivity index (χ1n) is 4.70. The molecule has 0 spiro atoms. The lowest BCUT2D eigenvalue weighted by atomic mass is 10.2. The van der Waals surface area contributed by atoms with E-state index in [1.807, 2.05) is 29.0 Å². The van der Waals surface area contributed by atoms with Crippen molar-refractivity contribution >= 4 is 0 Å². The zero-order valence-electron chi connectivity index (χ0n) is 8.41. The molecule has 0 saturated carbocycles. The smallest absolute Gasteiger partial charge is 0.264 e. The van der Waals surface area contributed by atoms with Gasteiger partial charge in [-0.05, 0) is 6.42 Å². The summed E-state index contributed by atoms with van der Waals surface area (Å²) in [4.78, 5) is 0. The van der Waals surface area contributed by atoms with E-state index in [4.69, 9.17) is 0 Å². The van der Waals surface area contributed by atoms with Gasteiger partial charge in [-0.3, -0.25) is 0 Å². The number of hydrogen-bond acceptors (Lipinski definition) is 1. The molecule has 13 heavy (non-hydrogen) atoms. The van der Waals surface area contributed by atoms with Gasteiger partial charge in [-0.15, -0.1) is 4.68 Å². The third kappa shape index (κ3) is 5.23. The maximum atomic E-state index is 4.19. The predicted octanol–water partition coefficient (Wildman–Crippen LogP) is -1.71. The first-order valence-corrected chi connectivity index (χ1v) is 4.70. The standard InChI is InChI=1S/C9H18N3.HI/c1-3-4-5-6-7-12-9-11(2)8-10-12;/h8-9H,3-7H2,1-2H3;1H/q+1;/p-1. The molecule has 0 bridgehead atoms. The van der Waals surface area contributed by atoms with E-state index in [9.17, 15) is 0 Å². The first-order chi connectivity index (χ1) is 5.83. The van der Waals surface area contributed by atoms with Gasteiger partial charge in [-0.2, -0.15) is 0 Å². The molecule has 0 N–H and O–H groups in total. The molecule has 4 heteroatoms. The van der Waals surface area contributed by atoms with Crippen molar-refractivity contribution in [3.05, 3.63) is 12.7 Å². The normalized spacial score (nSPS) is 9.69. The summed E-state index contributed by atoms with van der Waals surface area (Å²) in [6, 6.07) is 0. The van der Waals surface area contributed by atoms with E-state index in [1.165, 1.54) is 25.7 Å². The van der Waals surface area contributed by atoms with Crippen LogP contribution < -0.4 is 28.5 Å². The van der Waals surface area contributed by atoms with Crippen LogP contribution in [-0.2, 0) is 13.6 Å². The molecule has 0 aliphatic carbocycles. The summed E-state index contributed by atoms with van der Waals surface area (Å²) in [6.07, 6.45) is 9.06. The maximum absolute atomic E-state index is 4.19. The molecule has 76 valence electrons. The van der Waals surface area contributed by atoms with Gasteiger partial charge in [0.1, 0.15) is 6.54 Å². The average Bonchev–Trinajstić information content (AvgIpc) is 2.45. The highest BCUT2D eigenvalue weighted by molar-refractivity contribution is 4.47. The van der Waals surface area contributed by atoms with Crippen molar-refractivity contribution in [2.45, 2.75) is 39.2 Å². The fourth-order valence-corrected chi connectivity index (χ4v) is 1.23. The monoisotopic (exact) mass is 295 g/mol. The van der Waals surface area contributed by atoms with E-state index >= 15 is 0 Å². The van der Waals surface area contributed by atoms with Crippen molar-refractivity contribution in [1.29, 1.82) is 0 Å². The van der Waals surface area contributed by atoms with Crippen LogP contribution in [0.25, 0.3) is 0 Å². The molecule has 0 amide bonds. The summed E-state index contributed by atoms with van der Waals surface area (Å²) < 4.78 is 3.97. The summed E-state index contributed by atoms with van der Waals surface area (Å²) in [5.41, 5.74) is 0. The fraction of sp³-hybridized carbons (Fsp3) is 0.778. The zero-order valence-corrected chi connectivity index (χ0v) is 10.6. The van der Waals surface area contributed by atoms with E-state index in [1.54, 1.807) is 0 Å². The van der Waals surface area contributed by atoms with Crippen LogP contribution in [0.4, 0.5) is 0 Å². The van der Waals surface area contributed by atoms with Crippen LogP contribution in [0.3, 0.4) is 0 Å². The van der Waals surface area contributed by atoms with Crippen molar-refractivity contribution in [2.75, 3.05) is 0 Å². The molecule has 1 aromatic rings. The molecule has 0 aliphatic heterocycles. The number of aromatic nitrogens is 3. The van der Waals surface area contributed by atoms with Crippen molar-refractivity contribution in [2.24, 2.45) is 7.05 Å². The molecule has 1 rings (SSSR count). The third-order valence-electron chi connectivity index (χ3n) is 1.94. The Hall–Kier alpha value is -0.130. The summed E-state index contributed by atoms with van der Waals surface area (Å²) in [5.74, 6) is 0. The van der Waals surface area contributed by atoms with Crippen molar-refractivity contribution < 1.29 is 28.5 Å². The Morgan fingerprint density at radius 1 is 1.31 bits per heavy atom. The van der Waals surface area contributed by atoms with Crippen LogP contribution in [0, 0.1) is 0 Å². The molecular weight excluding hydrogens is 277 g/mol. The Kier molecular flexibility index (Phi) is 7.22. The summed E-state index contributed by atoms with van der Waals surface area (Å²) >= 11 is 0. The molecular formula is C9H18IN3. The molecule has 1 aromatic heterocycles. The molecule has 0 aromatic carbocycles. The number of halogens is 1. The predicted molar refractivity (Wildman–Crippen MR) is 47.5 cm³/mol. The molecule has 0 fully saturated rings. The van der Waals surface area contributed by atoms with Crippen LogP contribution in [0.1, 0.15) is 32.6 Å². The van der Waals surface area contributed by atoms with Crippen molar-refractivity contribution in [3.8, 4) is 0 Å². The maximum Gasteiger partial charge on any atom is 0.264 e. The van der Waals surface area contributed by atoms with E-state index in [2.05, 4.69) is 12.0 Å². The molecule has 0 saturated heterocycles. The van der Waals surface area contributed by atoms with Gasteiger partial charge in [0.2, 0.25) is 6.33 Å². The van der Waals surface area contributed by atoms with Crippen molar-refractivity contribution in [3.63, 3.8) is 0 Å². The Morgan fingerprint density at radius 2 is 2.08 bits per heavy atom. The Morgan fingerprint density at radius 3 is 2.62 bits per heavy atom. The van der Waals surface area contributed by atoms with Crippen LogP contribution in [0.15, 0.2) is 12.7 Å². The zero-order chi connectivity index (χ0) is 8.81. The number of unbranched alkanes of at least 4 members (excludes halogenated alkanes) is 3. The minimum absolute atomic E-state index is 0. The number of nitrogens with zero attached hydrogens (tertiary/aromatic N) is 3. The number of rotatable bonds is 5. The third-order valence-corrected chi connectivity index (χ3v) is 1.94. The van der Waals surface area contributed by atoms with E-state index in [0.29, 0.717) is 0 Å². The van der Waals surface area contributed by atoms with Gasteiger partial charge in [-0.25, -0.2) is 4.57 Å². The summed E-state index contributed by atoms with van der Waals surface area (Å²) in [7, 11) is 2.00. The Bertz CT molecular complexity index is 222. The lowest BCUT2D eigenvalue weighted by Crippen LogP contribution is -3.00. The lowest BCUT2D eigenvalue weighted by Gasteiger charge is -1.93. The Balaban J connectivity index is 0.00000144. The molecule has 1 heterocycles. The average molecular weight is 295 g/mol. The molecule has 0 unspecified atom stereocenters. The number of hydrogen-bond donors (Lipinski definition) is 0. The quantitative estimate of drug-likeness (QED) is 0.360. The number of aryl methyl sites for hydroxylation is 2. The van der Waals surface area contributed by atoms with Crippen LogP contribution in [-0.4, -0.2) is 9.78 Å². The molecule has 0 aliphatic rings. The molecule has 3 nitrogen and oxygen atoms in total. The van der Waals surface area contributed by atoms with Gasteiger partial charge >= 0.3 is 0 Å². The summed E-state index contributed by atoms with van der Waals surface area (Å²) in [5, 5.41) is 4.19. The van der Waals surface area contributed by atoms with Crippen molar-refractivity contribution in [1.82, 2.24) is 9.78 Å². The highest BCUT2D eigenvalue weighted by Crippen LogP contribution is 1.99. The first kappa shape index (κ1) is 12.9. The van der Waals surface area contributed by atoms with Gasteiger partial charge in [-0.1, -0.05) is 26.2 Å². The van der Waals surface area contributed by atoms with Gasteiger partial charge in [0, 0.05) is 5.10 Å². The molecule has 0 atom stereocenters. The minimum Gasteiger partial charge on any atom is -1.00 e. The van der Waals surface area contributed by atoms with Gasteiger partial charge in [0.15, 0.2) is 0 Å². The largest absolute Gasteiger partial charge is 1.00 e. The second kappa shape index (κ2) is 7.29. The Labute approximate surface area is 97.2 Å². The second-order valence-electron chi connectivity index (χ2n) is 3.24. The highest BCUT2D eigenvalue weighted by Gasteiger charge is 2.00. The van der Waals surface area contributed by atoms with E-state index in [0.717, 1.165) is 6.54 Å². The van der Waals surface area contributed by atoms with Gasteiger partial charge in [0.05, 0.1) is 7.05 Å². The second-order valence-corrected chi connectivity index (χ2v) is 3.24. The van der Waals surface area contributed by atoms with Crippen LogP contribution in [0.5, 0.6) is 0 Å². The highest BCUT2D eigenvalue weighted by atomic mass is 127. The van der Waals surface area contributed by atoms with Gasteiger partial charge in [0.25, 0.3) is 6.33 Å². The minimum atomic E-state index is 0. The fourth-order valence-electron chi connectivity index (χ4n) is 1.23. The topological polar surface area (TPSA) is 21.7 Å². The summed E-state index contributed by atoms with van der Waals surface area (Å²) in [6.45, 7) is 3.29. The van der Waals surface area contributed by atoms with E-state index in [-0.39, 0.29) is 24.0 Å². The van der Waals surface area contributed by atoms with Crippen LogP contribution >= 0.6 is 0 Å². The van der Waals surface area contributed by atoms with Gasteiger partial charge < -0.3 is 24.0 Å². The lowest BCUT2D eigenvalue weighted by molar-refractivity contribution is -0.672. The van der Waals surface area contributed by atoms with E-state index < -0.39 is 0 Å². The SMILES string of the molecule is CCCCCCn1c[n+](C)cn1.[I-]. The van der Waals surface area contributed by atoms with Crippen LogP contribution in [0.2, 0.25) is 0 Å².